The van der Waals surface area contributed by atoms with E-state index in [0.29, 0.717) is 0 Å². The van der Waals surface area contributed by atoms with Gasteiger partial charge in [0.15, 0.2) is 0 Å². The first-order chi connectivity index (χ1) is 4.83. The molecule has 1 aromatic heterocycles. The van der Waals surface area contributed by atoms with Crippen molar-refractivity contribution in [3.63, 3.8) is 0 Å². The predicted octanol–water partition coefficient (Wildman–Crippen LogP) is 1.97. The predicted molar refractivity (Wildman–Crippen MR) is 44.1 cm³/mol. The number of hydrogen-bond acceptors (Lipinski definition) is 3. The third-order valence-electron chi connectivity index (χ3n) is 0.825. The summed E-state index contributed by atoms with van der Waals surface area (Å²) in [4.78, 5) is 4.88. The van der Waals surface area contributed by atoms with E-state index in [4.69, 9.17) is 5.11 Å². The van der Waals surface area contributed by atoms with Gasteiger partial charge in [-0.15, -0.1) is 11.3 Å². The number of aryl methyl sites for hydroxylation is 1. The fourth-order valence-corrected chi connectivity index (χ4v) is 1.13. The number of thiazole rings is 1. The number of rotatable bonds is 1. The van der Waals surface area contributed by atoms with Crippen LogP contribution in [0.3, 0.4) is 0 Å². The number of hydrogen-bond donors (Lipinski definition) is 1. The van der Waals surface area contributed by atoms with Crippen LogP contribution in [0.1, 0.15) is 23.7 Å². The molecule has 0 aliphatic heterocycles. The van der Waals surface area contributed by atoms with Gasteiger partial charge in [-0.25, -0.2) is 4.98 Å². The molecule has 0 saturated carbocycles. The van der Waals surface area contributed by atoms with Crippen molar-refractivity contribution >= 4 is 11.3 Å². The van der Waals surface area contributed by atoms with Gasteiger partial charge in [-0.2, -0.15) is 0 Å². The van der Waals surface area contributed by atoms with Crippen molar-refractivity contribution in [1.82, 2.24) is 4.98 Å². The van der Waals surface area contributed by atoms with Crippen LogP contribution in [0.15, 0.2) is 6.20 Å². The van der Waals surface area contributed by atoms with Crippen LogP contribution in [0.2, 0.25) is 0 Å². The monoisotopic (exact) mass is 159 g/mol. The molecule has 0 aromatic carbocycles. The van der Waals surface area contributed by atoms with Gasteiger partial charge in [0.25, 0.3) is 0 Å². The third kappa shape index (κ3) is 2.94. The van der Waals surface area contributed by atoms with Gasteiger partial charge in [0.05, 0.1) is 16.5 Å². The topological polar surface area (TPSA) is 33.1 Å². The molecule has 0 atom stereocenters. The van der Waals surface area contributed by atoms with Crippen molar-refractivity contribution in [3.05, 3.63) is 16.1 Å². The van der Waals surface area contributed by atoms with E-state index in [0.717, 1.165) is 9.88 Å². The summed E-state index contributed by atoms with van der Waals surface area (Å²) in [5, 5.41) is 9.53. The Labute approximate surface area is 65.6 Å². The van der Waals surface area contributed by atoms with Crippen LogP contribution >= 0.6 is 11.3 Å². The molecule has 1 aromatic rings. The van der Waals surface area contributed by atoms with Crippen LogP contribution in [-0.2, 0) is 6.61 Å². The average Bonchev–Trinajstić information content (AvgIpc) is 2.40. The van der Waals surface area contributed by atoms with Crippen LogP contribution in [0.5, 0.6) is 0 Å². The molecule has 0 radical (unpaired) electrons. The maximum atomic E-state index is 8.52. The lowest BCUT2D eigenvalue weighted by Gasteiger charge is -1.78. The van der Waals surface area contributed by atoms with Crippen molar-refractivity contribution in [2.75, 3.05) is 0 Å². The molecule has 3 heteroatoms. The molecule has 1 heterocycles. The Balaban J connectivity index is 0.000000371. The molecule has 10 heavy (non-hydrogen) atoms. The van der Waals surface area contributed by atoms with Crippen molar-refractivity contribution in [1.29, 1.82) is 0 Å². The van der Waals surface area contributed by atoms with Crippen LogP contribution in [0.25, 0.3) is 0 Å². The Morgan fingerprint density at radius 3 is 2.40 bits per heavy atom. The maximum absolute atomic E-state index is 8.52. The Morgan fingerprint density at radius 2 is 2.20 bits per heavy atom. The molecule has 0 saturated heterocycles. The van der Waals surface area contributed by atoms with E-state index in [1.54, 1.807) is 6.20 Å². The van der Waals surface area contributed by atoms with Gasteiger partial charge in [-0.3, -0.25) is 0 Å². The van der Waals surface area contributed by atoms with Crippen molar-refractivity contribution < 1.29 is 5.11 Å². The number of aliphatic hydroxyl groups is 1. The summed E-state index contributed by atoms with van der Waals surface area (Å²) in [5.41, 5.74) is 0. The summed E-state index contributed by atoms with van der Waals surface area (Å²) in [6.45, 7) is 6.04. The highest BCUT2D eigenvalue weighted by Gasteiger charge is 1.92. The smallest absolute Gasteiger partial charge is 0.0897 e. The van der Waals surface area contributed by atoms with E-state index >= 15 is 0 Å². The largest absolute Gasteiger partial charge is 0.391 e. The molecule has 0 unspecified atom stereocenters. The average molecular weight is 159 g/mol. The van der Waals surface area contributed by atoms with Gasteiger partial charge in [0.1, 0.15) is 0 Å². The molecule has 0 fully saturated rings. The molecule has 0 aliphatic carbocycles. The molecule has 1 N–H and O–H groups in total. The van der Waals surface area contributed by atoms with E-state index in [2.05, 4.69) is 4.98 Å². The summed E-state index contributed by atoms with van der Waals surface area (Å²) in [7, 11) is 0. The van der Waals surface area contributed by atoms with Crippen molar-refractivity contribution in [2.24, 2.45) is 0 Å². The summed E-state index contributed by atoms with van der Waals surface area (Å²) >= 11 is 1.53. The molecular formula is C7H13NOS. The van der Waals surface area contributed by atoms with Gasteiger partial charge in [-0.05, 0) is 6.92 Å². The quantitative estimate of drug-likeness (QED) is 0.679. The molecule has 0 amide bonds. The van der Waals surface area contributed by atoms with E-state index < -0.39 is 0 Å². The highest BCUT2D eigenvalue weighted by atomic mass is 32.1. The standard InChI is InChI=1S/C5H7NOS.C2H6/c1-4-6-2-5(3-7)8-4;1-2/h2,7H,3H2,1H3;1-2H3. The van der Waals surface area contributed by atoms with Crippen LogP contribution < -0.4 is 0 Å². The normalized spacial score (nSPS) is 8.40. The van der Waals surface area contributed by atoms with E-state index in [9.17, 15) is 0 Å². The minimum Gasteiger partial charge on any atom is -0.391 e. The highest BCUT2D eigenvalue weighted by Crippen LogP contribution is 2.09. The Bertz CT molecular complexity index is 174. The fraction of sp³-hybridized carbons (Fsp3) is 0.571. The van der Waals surface area contributed by atoms with Gasteiger partial charge < -0.3 is 5.11 Å². The summed E-state index contributed by atoms with van der Waals surface area (Å²) < 4.78 is 0. The lowest BCUT2D eigenvalue weighted by molar-refractivity contribution is 0.285. The third-order valence-corrected chi connectivity index (χ3v) is 1.72. The second-order valence-electron chi connectivity index (χ2n) is 1.50. The zero-order valence-electron chi connectivity index (χ0n) is 6.59. The number of aromatic nitrogens is 1. The summed E-state index contributed by atoms with van der Waals surface area (Å²) in [6.07, 6.45) is 1.69. The minimum atomic E-state index is 0.117. The molecule has 0 bridgehead atoms. The van der Waals surface area contributed by atoms with Crippen molar-refractivity contribution in [3.8, 4) is 0 Å². The first-order valence-corrected chi connectivity index (χ1v) is 4.17. The van der Waals surface area contributed by atoms with Crippen molar-refractivity contribution in [2.45, 2.75) is 27.4 Å². The van der Waals surface area contributed by atoms with Crippen LogP contribution in [0, 0.1) is 6.92 Å². The first kappa shape index (κ1) is 9.59. The summed E-state index contributed by atoms with van der Waals surface area (Å²) in [5.74, 6) is 0. The molecular weight excluding hydrogens is 146 g/mol. The SMILES string of the molecule is CC.Cc1ncc(CO)s1. The second kappa shape index (κ2) is 5.38. The fourth-order valence-electron chi connectivity index (χ4n) is 0.478. The lowest BCUT2D eigenvalue weighted by atomic mass is 10.6. The Hall–Kier alpha value is -0.410. The molecule has 0 spiro atoms. The van der Waals surface area contributed by atoms with Crippen LogP contribution in [-0.4, -0.2) is 10.1 Å². The maximum Gasteiger partial charge on any atom is 0.0897 e. The zero-order chi connectivity index (χ0) is 7.98. The molecule has 0 aliphatic rings. The van der Waals surface area contributed by atoms with Gasteiger partial charge in [0.2, 0.25) is 0 Å². The van der Waals surface area contributed by atoms with E-state index in [-0.39, 0.29) is 6.61 Å². The highest BCUT2D eigenvalue weighted by molar-refractivity contribution is 7.11. The van der Waals surface area contributed by atoms with Gasteiger partial charge >= 0.3 is 0 Å². The van der Waals surface area contributed by atoms with E-state index in [1.165, 1.54) is 11.3 Å². The van der Waals surface area contributed by atoms with Gasteiger partial charge in [0, 0.05) is 6.20 Å². The number of aliphatic hydroxyl groups excluding tert-OH is 1. The minimum absolute atomic E-state index is 0.117. The molecule has 58 valence electrons. The molecule has 1 rings (SSSR count). The zero-order valence-corrected chi connectivity index (χ0v) is 7.40. The summed E-state index contributed by atoms with van der Waals surface area (Å²) in [6, 6.07) is 0. The first-order valence-electron chi connectivity index (χ1n) is 3.35. The lowest BCUT2D eigenvalue weighted by Crippen LogP contribution is -1.70. The second-order valence-corrected chi connectivity index (χ2v) is 2.82. The van der Waals surface area contributed by atoms with Crippen LogP contribution in [0.4, 0.5) is 0 Å². The Kier molecular flexibility index (Phi) is 5.16. The molecule has 2 nitrogen and oxygen atoms in total. The van der Waals surface area contributed by atoms with E-state index in [1.807, 2.05) is 20.8 Å². The number of nitrogens with zero attached hydrogens (tertiary/aromatic N) is 1. The van der Waals surface area contributed by atoms with Gasteiger partial charge in [-0.1, -0.05) is 13.8 Å². The Morgan fingerprint density at radius 1 is 1.60 bits per heavy atom.